The van der Waals surface area contributed by atoms with Crippen LogP contribution in [0.2, 0.25) is 19.6 Å². The lowest BCUT2D eigenvalue weighted by Crippen LogP contribution is -2.51. The molecule has 2 heteroatoms. The number of hydrogen-bond acceptors (Lipinski definition) is 1. The summed E-state index contributed by atoms with van der Waals surface area (Å²) in [5.74, 6) is 6.40. The number of fused-ring (bicyclic) bond motifs is 5. The Labute approximate surface area is 208 Å². The van der Waals surface area contributed by atoms with Crippen molar-refractivity contribution >= 4 is 8.32 Å². The summed E-state index contributed by atoms with van der Waals surface area (Å²) in [7, 11) is -1.45. The average molecular weight is 473 g/mol. The minimum atomic E-state index is -1.45. The fourth-order valence-corrected chi connectivity index (χ4v) is 10.5. The minimum Gasteiger partial charge on any atom is -0.414 e. The van der Waals surface area contributed by atoms with Gasteiger partial charge in [0.1, 0.15) is 0 Å². The molecule has 1 nitrogen and oxygen atoms in total. The summed E-state index contributed by atoms with van der Waals surface area (Å²) in [5, 5.41) is 0. The summed E-state index contributed by atoms with van der Waals surface area (Å²) in [6.45, 7) is 22.3. The molecule has 0 heterocycles. The van der Waals surface area contributed by atoms with Crippen LogP contribution in [0, 0.1) is 52.3 Å². The van der Waals surface area contributed by atoms with E-state index in [0.717, 1.165) is 41.4 Å². The third-order valence-corrected chi connectivity index (χ3v) is 12.6. The van der Waals surface area contributed by atoms with Crippen molar-refractivity contribution in [3.63, 3.8) is 0 Å². The molecular weight excluding hydrogens is 416 g/mol. The summed E-state index contributed by atoms with van der Waals surface area (Å²) >= 11 is 0. The van der Waals surface area contributed by atoms with E-state index in [4.69, 9.17) is 4.43 Å². The van der Waals surface area contributed by atoms with E-state index in [9.17, 15) is 0 Å². The molecule has 0 saturated heterocycles. The van der Waals surface area contributed by atoms with Gasteiger partial charge in [-0.2, -0.15) is 0 Å². The van der Waals surface area contributed by atoms with E-state index in [1.165, 1.54) is 64.2 Å². The first-order valence-corrected chi connectivity index (χ1v) is 18.1. The first-order chi connectivity index (χ1) is 15.3. The van der Waals surface area contributed by atoms with Crippen LogP contribution in [0.1, 0.15) is 106 Å². The molecule has 9 atom stereocenters. The highest BCUT2D eigenvalue weighted by Gasteiger charge is 2.59. The second-order valence-electron chi connectivity index (χ2n) is 14.9. The Hall–Kier alpha value is -0.0831. The normalized spacial score (nSPS) is 42.8. The van der Waals surface area contributed by atoms with Crippen molar-refractivity contribution in [3.05, 3.63) is 11.6 Å². The largest absolute Gasteiger partial charge is 0.414 e. The lowest BCUT2D eigenvalue weighted by molar-refractivity contribution is -0.0565. The summed E-state index contributed by atoms with van der Waals surface area (Å²) in [6, 6.07) is 0. The van der Waals surface area contributed by atoms with E-state index in [2.05, 4.69) is 67.3 Å². The number of hydrogen-bond donors (Lipinski definition) is 0. The van der Waals surface area contributed by atoms with Gasteiger partial charge in [0.05, 0.1) is 0 Å². The maximum absolute atomic E-state index is 6.59. The molecule has 0 aromatic rings. The molecule has 0 aliphatic heterocycles. The maximum atomic E-state index is 6.59. The van der Waals surface area contributed by atoms with Gasteiger partial charge in [-0.3, -0.25) is 0 Å². The van der Waals surface area contributed by atoms with Crippen molar-refractivity contribution in [2.45, 2.75) is 131 Å². The molecule has 0 bridgehead atoms. The predicted molar refractivity (Wildman–Crippen MR) is 146 cm³/mol. The van der Waals surface area contributed by atoms with Crippen molar-refractivity contribution in [2.75, 3.05) is 0 Å². The molecule has 3 saturated carbocycles. The molecule has 0 aromatic heterocycles. The fraction of sp³-hybridized carbons (Fsp3) is 0.935. The van der Waals surface area contributed by atoms with Gasteiger partial charge in [-0.25, -0.2) is 0 Å². The average Bonchev–Trinajstić information content (AvgIpc) is 3.08. The standard InChI is InChI=1S/C31H56OSi/c1-21(2)22(3)10-11-23(4)27-14-15-28-26-13-12-24-20-25(32-33(7,8)9)16-18-30(24,5)29(26)17-19-31(27,28)6/h12,21-23,25-29H,10-11,13-20H2,1-9H3/t22?,23-,25+,26?,27-,28?,29+,30+,31-/m1/s1. The zero-order valence-corrected chi connectivity index (χ0v) is 24.7. The van der Waals surface area contributed by atoms with E-state index in [-0.39, 0.29) is 0 Å². The minimum absolute atomic E-state index is 0.458. The third-order valence-electron chi connectivity index (χ3n) is 11.6. The molecule has 4 aliphatic rings. The monoisotopic (exact) mass is 472 g/mol. The Morgan fingerprint density at radius 2 is 1.67 bits per heavy atom. The van der Waals surface area contributed by atoms with Gasteiger partial charge in [0.2, 0.25) is 0 Å². The Kier molecular flexibility index (Phi) is 7.42. The number of allylic oxidation sites excluding steroid dienone is 1. The van der Waals surface area contributed by atoms with Crippen LogP contribution in [0.15, 0.2) is 11.6 Å². The Morgan fingerprint density at radius 1 is 0.939 bits per heavy atom. The first-order valence-electron chi connectivity index (χ1n) is 14.7. The first kappa shape index (κ1) is 26.0. The summed E-state index contributed by atoms with van der Waals surface area (Å²) < 4.78 is 6.59. The molecular formula is C31H56OSi. The van der Waals surface area contributed by atoms with Crippen LogP contribution in [0.4, 0.5) is 0 Å². The van der Waals surface area contributed by atoms with E-state index in [0.29, 0.717) is 16.9 Å². The summed E-state index contributed by atoms with van der Waals surface area (Å²) in [5.41, 5.74) is 2.84. The topological polar surface area (TPSA) is 9.23 Å². The fourth-order valence-electron chi connectivity index (χ4n) is 9.26. The van der Waals surface area contributed by atoms with E-state index in [1.54, 1.807) is 5.57 Å². The van der Waals surface area contributed by atoms with Crippen molar-refractivity contribution in [2.24, 2.45) is 52.3 Å². The second-order valence-corrected chi connectivity index (χ2v) is 19.3. The molecule has 0 aromatic carbocycles. The maximum Gasteiger partial charge on any atom is 0.184 e. The van der Waals surface area contributed by atoms with Gasteiger partial charge in [0.15, 0.2) is 8.32 Å². The van der Waals surface area contributed by atoms with Gasteiger partial charge in [-0.05, 0) is 123 Å². The lowest BCUT2D eigenvalue weighted by Gasteiger charge is -2.58. The van der Waals surface area contributed by atoms with Crippen molar-refractivity contribution in [3.8, 4) is 0 Å². The Bertz CT molecular complexity index is 719. The molecule has 4 aliphatic carbocycles. The van der Waals surface area contributed by atoms with E-state index < -0.39 is 8.32 Å². The quantitative estimate of drug-likeness (QED) is 0.265. The van der Waals surface area contributed by atoms with Gasteiger partial charge in [0.25, 0.3) is 0 Å². The molecule has 0 N–H and O–H groups in total. The van der Waals surface area contributed by atoms with Crippen molar-refractivity contribution in [1.82, 2.24) is 0 Å². The molecule has 4 rings (SSSR count). The van der Waals surface area contributed by atoms with E-state index in [1.807, 2.05) is 0 Å². The van der Waals surface area contributed by atoms with Crippen LogP contribution in [0.5, 0.6) is 0 Å². The molecule has 3 fully saturated rings. The highest BCUT2D eigenvalue weighted by atomic mass is 28.4. The lowest BCUT2D eigenvalue weighted by atomic mass is 9.47. The van der Waals surface area contributed by atoms with Crippen LogP contribution >= 0.6 is 0 Å². The van der Waals surface area contributed by atoms with Gasteiger partial charge < -0.3 is 4.43 Å². The molecule has 33 heavy (non-hydrogen) atoms. The van der Waals surface area contributed by atoms with Crippen LogP contribution < -0.4 is 0 Å². The summed E-state index contributed by atoms with van der Waals surface area (Å²) in [6.07, 6.45) is 17.3. The molecule has 0 radical (unpaired) electrons. The zero-order valence-electron chi connectivity index (χ0n) is 23.7. The highest BCUT2D eigenvalue weighted by molar-refractivity contribution is 6.69. The van der Waals surface area contributed by atoms with E-state index >= 15 is 0 Å². The Morgan fingerprint density at radius 3 is 2.33 bits per heavy atom. The number of rotatable bonds is 7. The molecule has 0 spiro atoms. The van der Waals surface area contributed by atoms with Gasteiger partial charge in [-0.1, -0.05) is 66.0 Å². The predicted octanol–water partition coefficient (Wildman–Crippen LogP) is 9.49. The van der Waals surface area contributed by atoms with Crippen molar-refractivity contribution < 1.29 is 4.43 Å². The molecule has 190 valence electrons. The van der Waals surface area contributed by atoms with Gasteiger partial charge in [0, 0.05) is 6.10 Å². The highest BCUT2D eigenvalue weighted by Crippen LogP contribution is 2.67. The van der Waals surface area contributed by atoms with Gasteiger partial charge >= 0.3 is 0 Å². The smallest absolute Gasteiger partial charge is 0.184 e. The van der Waals surface area contributed by atoms with Crippen LogP contribution in [0.3, 0.4) is 0 Å². The van der Waals surface area contributed by atoms with Crippen LogP contribution in [-0.4, -0.2) is 14.4 Å². The summed E-state index contributed by atoms with van der Waals surface area (Å²) in [4.78, 5) is 0. The SMILES string of the molecule is CC(C)C(C)CC[C@@H](C)[C@H]1CCC2C3CC=C4C[C@@H](O[Si](C)(C)C)CC[C@]4(C)[C@H]3CC[C@@]21C. The zero-order chi connectivity index (χ0) is 24.2. The van der Waals surface area contributed by atoms with Crippen LogP contribution in [0.25, 0.3) is 0 Å². The third kappa shape index (κ3) is 4.96. The van der Waals surface area contributed by atoms with Crippen molar-refractivity contribution in [1.29, 1.82) is 0 Å². The van der Waals surface area contributed by atoms with Gasteiger partial charge in [-0.15, -0.1) is 0 Å². The second kappa shape index (κ2) is 9.42. The molecule has 0 amide bonds. The Balaban J connectivity index is 1.46. The van der Waals surface area contributed by atoms with Crippen LogP contribution in [-0.2, 0) is 4.43 Å². The molecule has 3 unspecified atom stereocenters.